The Bertz CT molecular complexity index is 1790. The van der Waals surface area contributed by atoms with Gasteiger partial charge in [-0.05, 0) is 44.2 Å². The van der Waals surface area contributed by atoms with Crippen LogP contribution in [0.2, 0.25) is 0 Å². The minimum Gasteiger partial charge on any atom is -0.497 e. The zero-order chi connectivity index (χ0) is 28.2. The number of aromatic nitrogens is 1. The van der Waals surface area contributed by atoms with Gasteiger partial charge in [-0.1, -0.05) is 6.07 Å². The Morgan fingerprint density at radius 3 is 2.18 bits per heavy atom. The first-order valence-corrected chi connectivity index (χ1v) is 12.6. The van der Waals surface area contributed by atoms with E-state index in [0.717, 1.165) is 25.1 Å². The van der Waals surface area contributed by atoms with Crippen molar-refractivity contribution in [1.29, 1.82) is 5.26 Å². The number of hydrogen-bond acceptors (Lipinski definition) is 4. The Hall–Kier alpha value is -3.72. The monoisotopic (exact) mass is 552 g/mol. The first kappa shape index (κ1) is 25.9. The molecule has 38 heavy (non-hydrogen) atoms. The predicted molar refractivity (Wildman–Crippen MR) is 127 cm³/mol. The summed E-state index contributed by atoms with van der Waals surface area (Å²) in [6.45, 7) is 2.21. The molecule has 0 saturated carbocycles. The zero-order valence-corrected chi connectivity index (χ0v) is 21.1. The van der Waals surface area contributed by atoms with Gasteiger partial charge in [-0.3, -0.25) is 0 Å². The largest absolute Gasteiger partial charge is 0.497 e. The van der Waals surface area contributed by atoms with Crippen molar-refractivity contribution < 1.29 is 39.5 Å². The highest BCUT2D eigenvalue weighted by Gasteiger charge is 2.81. The lowest BCUT2D eigenvalue weighted by atomic mass is 9.89. The molecule has 2 heterocycles. The lowest BCUT2D eigenvalue weighted by molar-refractivity contribution is -0.258. The van der Waals surface area contributed by atoms with Crippen LogP contribution >= 0.6 is 0 Å². The molecule has 1 aromatic heterocycles. The quantitative estimate of drug-likeness (QED) is 0.360. The van der Waals surface area contributed by atoms with E-state index in [0.29, 0.717) is 0 Å². The van der Waals surface area contributed by atoms with Crippen molar-refractivity contribution in [2.24, 2.45) is 7.05 Å². The summed E-state index contributed by atoms with van der Waals surface area (Å²) in [5, 5.41) is 9.12. The van der Waals surface area contributed by atoms with Crippen LogP contribution in [0, 0.1) is 18.3 Å². The van der Waals surface area contributed by atoms with E-state index in [4.69, 9.17) is 4.74 Å². The fraction of sp³-hybridized carbons (Fsp3) is 0.269. The minimum atomic E-state index is -5.88. The molecule has 0 atom stereocenters. The van der Waals surface area contributed by atoms with Crippen LogP contribution in [-0.2, 0) is 16.9 Å². The van der Waals surface area contributed by atoms with E-state index >= 15 is 26.3 Å². The number of nitriles is 1. The van der Waals surface area contributed by atoms with Gasteiger partial charge in [0, 0.05) is 51.5 Å². The standard InChI is InChI=1S/C26H18F6N2O3S/c1-12-20(17-10-15(37-4)6-8-18(17)34(12)3)22-23(25(29,30)26(31,32)24(22,27)28)21-13(2)38(35,36)19-9-14(11-33)5-7-16(19)21/h5-10H,1-4H3. The van der Waals surface area contributed by atoms with Gasteiger partial charge in [0.2, 0.25) is 9.84 Å². The second-order valence-corrected chi connectivity index (χ2v) is 11.2. The van der Waals surface area contributed by atoms with E-state index in [1.54, 1.807) is 6.07 Å². The SMILES string of the molecule is COc1ccc2c(c1)c(C1=C(C3=C(C)S(=O)(=O)c4cc(C#N)ccc43)C(F)(F)C(F)(F)C1(F)F)c(C)n2C. The lowest BCUT2D eigenvalue weighted by Gasteiger charge is -2.26. The molecule has 0 spiro atoms. The summed E-state index contributed by atoms with van der Waals surface area (Å²) in [7, 11) is -1.80. The van der Waals surface area contributed by atoms with E-state index in [1.807, 2.05) is 0 Å². The van der Waals surface area contributed by atoms with Crippen LogP contribution in [0.4, 0.5) is 26.3 Å². The van der Waals surface area contributed by atoms with Gasteiger partial charge in [0.25, 0.3) is 0 Å². The van der Waals surface area contributed by atoms with E-state index in [1.165, 1.54) is 43.8 Å². The lowest BCUT2D eigenvalue weighted by Crippen LogP contribution is -2.49. The maximum absolute atomic E-state index is 15.6. The molecular weight excluding hydrogens is 534 g/mol. The average Bonchev–Trinajstić information content (AvgIpc) is 3.26. The summed E-state index contributed by atoms with van der Waals surface area (Å²) in [6.07, 6.45) is 0. The van der Waals surface area contributed by atoms with E-state index in [9.17, 15) is 13.7 Å². The van der Waals surface area contributed by atoms with Crippen LogP contribution in [0.1, 0.15) is 29.3 Å². The van der Waals surface area contributed by atoms with Gasteiger partial charge in [-0.15, -0.1) is 0 Å². The second-order valence-electron chi connectivity index (χ2n) is 9.13. The van der Waals surface area contributed by atoms with Gasteiger partial charge in [0.15, 0.2) is 0 Å². The fourth-order valence-electron chi connectivity index (χ4n) is 5.20. The predicted octanol–water partition coefficient (Wildman–Crippen LogP) is 6.26. The molecule has 0 fully saturated rings. The Morgan fingerprint density at radius 1 is 0.947 bits per heavy atom. The summed E-state index contributed by atoms with van der Waals surface area (Å²) in [6, 6.07) is 8.95. The van der Waals surface area contributed by atoms with Gasteiger partial charge < -0.3 is 9.30 Å². The summed E-state index contributed by atoms with van der Waals surface area (Å²) in [4.78, 5) is -1.39. The molecule has 5 rings (SSSR count). The number of allylic oxidation sites excluding steroid dienone is 4. The Balaban J connectivity index is 2.01. The maximum Gasteiger partial charge on any atom is 0.380 e. The molecule has 0 bridgehead atoms. The third kappa shape index (κ3) is 2.90. The van der Waals surface area contributed by atoms with E-state index in [-0.39, 0.29) is 27.9 Å². The molecule has 2 aromatic carbocycles. The third-order valence-corrected chi connectivity index (χ3v) is 9.22. The minimum absolute atomic E-state index is 0.0203. The number of halogens is 6. The van der Waals surface area contributed by atoms with Crippen molar-refractivity contribution in [3.05, 3.63) is 69.3 Å². The van der Waals surface area contributed by atoms with Crippen LogP contribution in [0.5, 0.6) is 5.75 Å². The first-order chi connectivity index (χ1) is 17.6. The number of alkyl halides is 6. The molecule has 198 valence electrons. The molecule has 0 saturated heterocycles. The summed E-state index contributed by atoms with van der Waals surface area (Å²) in [5.74, 6) is -16.6. The molecule has 0 radical (unpaired) electrons. The van der Waals surface area contributed by atoms with E-state index < -0.39 is 65.3 Å². The Morgan fingerprint density at radius 2 is 1.58 bits per heavy atom. The highest BCUT2D eigenvalue weighted by atomic mass is 32.2. The molecule has 1 aliphatic carbocycles. The highest BCUT2D eigenvalue weighted by molar-refractivity contribution is 7.95. The summed E-state index contributed by atoms with van der Waals surface area (Å²) in [5.41, 5.74) is -5.27. The van der Waals surface area contributed by atoms with Crippen molar-refractivity contribution >= 4 is 31.9 Å². The third-order valence-electron chi connectivity index (χ3n) is 7.29. The average molecular weight is 552 g/mol. The Labute approximate surface area is 213 Å². The molecular formula is C26H18F6N2O3S. The summed E-state index contributed by atoms with van der Waals surface area (Å²) >= 11 is 0. The second kappa shape index (κ2) is 7.66. The molecule has 5 nitrogen and oxygen atoms in total. The highest BCUT2D eigenvalue weighted by Crippen LogP contribution is 2.66. The molecule has 2 aliphatic rings. The zero-order valence-electron chi connectivity index (χ0n) is 20.3. The molecule has 1 aliphatic heterocycles. The van der Waals surface area contributed by atoms with Crippen LogP contribution < -0.4 is 4.74 Å². The Kier molecular flexibility index (Phi) is 5.22. The first-order valence-electron chi connectivity index (χ1n) is 11.1. The van der Waals surface area contributed by atoms with Gasteiger partial charge >= 0.3 is 17.8 Å². The molecule has 3 aromatic rings. The van der Waals surface area contributed by atoms with Crippen molar-refractivity contribution in [3.8, 4) is 11.8 Å². The van der Waals surface area contributed by atoms with Gasteiger partial charge in [0.05, 0.1) is 28.5 Å². The van der Waals surface area contributed by atoms with Crippen molar-refractivity contribution in [2.45, 2.75) is 36.5 Å². The van der Waals surface area contributed by atoms with Crippen molar-refractivity contribution in [2.75, 3.05) is 7.11 Å². The number of hydrogen-bond donors (Lipinski definition) is 0. The molecule has 12 heteroatoms. The van der Waals surface area contributed by atoms with Crippen LogP contribution in [-0.4, -0.2) is 37.9 Å². The fourth-order valence-corrected chi connectivity index (χ4v) is 6.76. The van der Waals surface area contributed by atoms with Gasteiger partial charge in [0.1, 0.15) is 5.75 Å². The van der Waals surface area contributed by atoms with Crippen molar-refractivity contribution in [3.63, 3.8) is 0 Å². The molecule has 0 N–H and O–H groups in total. The number of benzene rings is 2. The molecule has 0 amide bonds. The number of aryl methyl sites for hydroxylation is 1. The van der Waals surface area contributed by atoms with Crippen LogP contribution in [0.25, 0.3) is 22.0 Å². The number of rotatable bonds is 3. The number of fused-ring (bicyclic) bond motifs is 2. The van der Waals surface area contributed by atoms with Gasteiger partial charge in [-0.25, -0.2) is 8.42 Å². The smallest absolute Gasteiger partial charge is 0.380 e. The molecule has 0 unspecified atom stereocenters. The van der Waals surface area contributed by atoms with E-state index in [2.05, 4.69) is 0 Å². The van der Waals surface area contributed by atoms with Gasteiger partial charge in [-0.2, -0.15) is 31.6 Å². The number of nitrogens with zero attached hydrogens (tertiary/aromatic N) is 2. The maximum atomic E-state index is 15.6. The van der Waals surface area contributed by atoms with Crippen LogP contribution in [0.15, 0.2) is 51.8 Å². The number of sulfone groups is 1. The summed E-state index contributed by atoms with van der Waals surface area (Å²) < 4.78 is 125. The number of methoxy groups -OCH3 is 1. The number of ether oxygens (including phenoxy) is 1. The van der Waals surface area contributed by atoms with Crippen molar-refractivity contribution in [1.82, 2.24) is 4.57 Å². The normalized spacial score (nSPS) is 20.7. The topological polar surface area (TPSA) is 72.1 Å². The van der Waals surface area contributed by atoms with Crippen LogP contribution in [0.3, 0.4) is 0 Å².